The summed E-state index contributed by atoms with van der Waals surface area (Å²) in [5.74, 6) is -16.5. The van der Waals surface area contributed by atoms with Crippen LogP contribution in [0.1, 0.15) is 6.92 Å². The van der Waals surface area contributed by atoms with Crippen LogP contribution in [0.4, 0.5) is 87.8 Å². The molecule has 0 rings (SSSR count). The molecule has 0 aliphatic carbocycles. The van der Waals surface area contributed by atoms with Crippen LogP contribution in [0.3, 0.4) is 0 Å². The highest BCUT2D eigenvalue weighted by atomic mass is 19.4. The minimum atomic E-state index is -7.69. The molecule has 0 unspecified atom stereocenters. The topological polar surface area (TPSA) is 9.23 Å². The summed E-state index contributed by atoms with van der Waals surface area (Å²) in [5.41, 5.74) is -17.3. The van der Waals surface area contributed by atoms with Crippen molar-refractivity contribution in [3.05, 3.63) is 22.8 Å². The minimum Gasteiger partial charge on any atom is -0.354 e. The third-order valence-corrected chi connectivity index (χ3v) is 3.66. The molecule has 1 nitrogen and oxygen atoms in total. The van der Waals surface area contributed by atoms with Crippen molar-refractivity contribution in [1.82, 2.24) is 0 Å². The lowest BCUT2D eigenvalue weighted by molar-refractivity contribution is -0.365. The first-order chi connectivity index (χ1) is 15.0. The van der Waals surface area contributed by atoms with Crippen LogP contribution in [0.5, 0.6) is 0 Å². The summed E-state index contributed by atoms with van der Waals surface area (Å²) < 4.78 is 265. The highest BCUT2D eigenvalue weighted by Crippen LogP contribution is 2.58. The number of rotatable bonds is 5. The third-order valence-electron chi connectivity index (χ3n) is 3.66. The molecule has 0 spiro atoms. The van der Waals surface area contributed by atoms with Gasteiger partial charge in [0.25, 0.3) is 5.60 Å². The average Bonchev–Trinajstić information content (AvgIpc) is 2.45. The molecule has 0 bridgehead atoms. The second kappa shape index (κ2) is 9.49. The summed E-state index contributed by atoms with van der Waals surface area (Å²) in [7, 11) is 0. The SMILES string of the molecule is CCOC(/C(C(F)=C(C(F)(F)F)C(F)(F)F)=C(/F)C(C(F)(F)F)C(F)(F)F)(C(F)(F)F)C(F)(F)F. The van der Waals surface area contributed by atoms with Gasteiger partial charge in [0.1, 0.15) is 11.7 Å². The van der Waals surface area contributed by atoms with E-state index in [1.807, 2.05) is 0 Å². The van der Waals surface area contributed by atoms with Crippen LogP contribution >= 0.6 is 0 Å². The maximum Gasteiger partial charge on any atom is 0.431 e. The molecular weight excluding hydrogens is 564 g/mol. The van der Waals surface area contributed by atoms with E-state index in [1.165, 1.54) is 0 Å². The number of hydrogen-bond donors (Lipinski definition) is 0. The Morgan fingerprint density at radius 3 is 1.11 bits per heavy atom. The molecule has 0 aromatic rings. The third kappa shape index (κ3) is 6.63. The van der Waals surface area contributed by atoms with Crippen molar-refractivity contribution in [2.75, 3.05) is 6.61 Å². The molecule has 0 aromatic heterocycles. The van der Waals surface area contributed by atoms with Crippen molar-refractivity contribution < 1.29 is 92.5 Å². The fraction of sp³-hybridized carbons (Fsp3) is 0.714. The highest BCUT2D eigenvalue weighted by Gasteiger charge is 2.78. The zero-order valence-electron chi connectivity index (χ0n) is 15.8. The van der Waals surface area contributed by atoms with E-state index in [-0.39, 0.29) is 6.92 Å². The van der Waals surface area contributed by atoms with Gasteiger partial charge in [0.15, 0.2) is 5.57 Å². The van der Waals surface area contributed by atoms with Gasteiger partial charge in [-0.25, -0.2) is 8.78 Å². The van der Waals surface area contributed by atoms with Gasteiger partial charge < -0.3 is 4.74 Å². The van der Waals surface area contributed by atoms with E-state index in [2.05, 4.69) is 4.74 Å². The molecule has 0 N–H and O–H groups in total. The zero-order valence-corrected chi connectivity index (χ0v) is 15.8. The summed E-state index contributed by atoms with van der Waals surface area (Å²) in [4.78, 5) is 0. The molecule has 21 heteroatoms. The van der Waals surface area contributed by atoms with E-state index in [9.17, 15) is 87.8 Å². The average molecular weight is 570 g/mol. The normalized spacial score (nSPS) is 15.9. The molecule has 0 saturated heterocycles. The summed E-state index contributed by atoms with van der Waals surface area (Å²) >= 11 is 0. The van der Waals surface area contributed by atoms with Gasteiger partial charge >= 0.3 is 37.1 Å². The van der Waals surface area contributed by atoms with Crippen molar-refractivity contribution in [3.8, 4) is 0 Å². The van der Waals surface area contributed by atoms with E-state index in [4.69, 9.17) is 0 Å². The van der Waals surface area contributed by atoms with Crippen LogP contribution in [0.15, 0.2) is 22.8 Å². The molecule has 0 atom stereocenters. The standard InChI is InChI=1S/C14H6F20O/c1-2-35-8(13(29,30)31,14(32,33)34)3(4(15)6(9(17,18)19)10(20,21)22)5(16)7(11(23,24)25)12(26,27)28/h6H,2H2,1H3/b4-3+. The Morgan fingerprint density at radius 1 is 0.600 bits per heavy atom. The van der Waals surface area contributed by atoms with E-state index >= 15 is 0 Å². The number of alkyl halides is 18. The van der Waals surface area contributed by atoms with Crippen LogP contribution in [0.25, 0.3) is 0 Å². The number of hydrogen-bond acceptors (Lipinski definition) is 1. The molecule has 0 heterocycles. The first kappa shape index (κ1) is 33.0. The first-order valence-corrected chi connectivity index (χ1v) is 7.85. The summed E-state index contributed by atoms with van der Waals surface area (Å²) in [6, 6.07) is 0. The largest absolute Gasteiger partial charge is 0.431 e. The quantitative estimate of drug-likeness (QED) is 0.239. The molecule has 0 amide bonds. The van der Waals surface area contributed by atoms with Gasteiger partial charge in [0.2, 0.25) is 5.92 Å². The lowest BCUT2D eigenvalue weighted by Crippen LogP contribution is -2.61. The molecule has 0 aliphatic rings. The molecule has 0 aliphatic heterocycles. The fourth-order valence-electron chi connectivity index (χ4n) is 2.48. The molecule has 0 radical (unpaired) electrons. The Labute approximate surface area is 179 Å². The predicted octanol–water partition coefficient (Wildman–Crippen LogP) is 8.20. The van der Waals surface area contributed by atoms with Gasteiger partial charge in [-0.05, 0) is 6.92 Å². The van der Waals surface area contributed by atoms with Crippen LogP contribution < -0.4 is 0 Å². The van der Waals surface area contributed by atoms with E-state index < -0.39 is 78.0 Å². The maximum atomic E-state index is 14.3. The lowest BCUT2D eigenvalue weighted by Gasteiger charge is -2.39. The first-order valence-electron chi connectivity index (χ1n) is 7.85. The Hall–Kier alpha value is -1.96. The van der Waals surface area contributed by atoms with Crippen LogP contribution in [0, 0.1) is 5.92 Å². The predicted molar refractivity (Wildman–Crippen MR) is 70.4 cm³/mol. The van der Waals surface area contributed by atoms with E-state index in [0.717, 1.165) is 0 Å². The molecule has 208 valence electrons. The van der Waals surface area contributed by atoms with Crippen LogP contribution in [-0.2, 0) is 4.74 Å². The molecule has 0 fully saturated rings. The van der Waals surface area contributed by atoms with Gasteiger partial charge in [0, 0.05) is 6.61 Å². The second-order valence-corrected chi connectivity index (χ2v) is 6.03. The second-order valence-electron chi connectivity index (χ2n) is 6.03. The van der Waals surface area contributed by atoms with Crippen molar-refractivity contribution in [2.24, 2.45) is 5.92 Å². The summed E-state index contributed by atoms with van der Waals surface area (Å²) in [6.45, 7) is -2.18. The van der Waals surface area contributed by atoms with E-state index in [0.29, 0.717) is 0 Å². The fourth-order valence-corrected chi connectivity index (χ4v) is 2.48. The number of ether oxygens (including phenoxy) is 1. The van der Waals surface area contributed by atoms with Gasteiger partial charge in [0.05, 0.1) is 5.57 Å². The Bertz CT molecular complexity index is 764. The van der Waals surface area contributed by atoms with Crippen molar-refractivity contribution >= 4 is 0 Å². The van der Waals surface area contributed by atoms with Crippen molar-refractivity contribution in [2.45, 2.75) is 49.6 Å². The summed E-state index contributed by atoms with van der Waals surface area (Å²) in [6.07, 6.45) is -44.9. The number of halogens is 20. The van der Waals surface area contributed by atoms with Gasteiger partial charge in [-0.3, -0.25) is 0 Å². The maximum absolute atomic E-state index is 14.3. The van der Waals surface area contributed by atoms with Crippen molar-refractivity contribution in [3.63, 3.8) is 0 Å². The Balaban J connectivity index is 8.63. The highest BCUT2D eigenvalue weighted by molar-refractivity contribution is 5.46. The smallest absolute Gasteiger partial charge is 0.354 e. The van der Waals surface area contributed by atoms with Crippen molar-refractivity contribution in [1.29, 1.82) is 0 Å². The Kier molecular flexibility index (Phi) is 8.96. The lowest BCUT2D eigenvalue weighted by atomic mass is 9.84. The van der Waals surface area contributed by atoms with Gasteiger partial charge in [-0.15, -0.1) is 0 Å². The van der Waals surface area contributed by atoms with Crippen LogP contribution in [0.2, 0.25) is 0 Å². The number of allylic oxidation sites excluding steroid dienone is 2. The molecule has 0 saturated carbocycles. The zero-order chi connectivity index (χ0) is 28.8. The molecule has 35 heavy (non-hydrogen) atoms. The summed E-state index contributed by atoms with van der Waals surface area (Å²) in [5, 5.41) is 0. The molecule has 0 aromatic carbocycles. The van der Waals surface area contributed by atoms with E-state index in [1.54, 1.807) is 0 Å². The monoisotopic (exact) mass is 570 g/mol. The van der Waals surface area contributed by atoms with Gasteiger partial charge in [-0.1, -0.05) is 0 Å². The van der Waals surface area contributed by atoms with Crippen LogP contribution in [-0.4, -0.2) is 49.3 Å². The van der Waals surface area contributed by atoms with Gasteiger partial charge in [-0.2, -0.15) is 79.0 Å². The Morgan fingerprint density at radius 2 is 0.914 bits per heavy atom. The minimum absolute atomic E-state index is 0.0306. The molecular formula is C14H6F20O.